The number of Topliss-reactive ketones (excluding diaryl/α,β-unsaturated/α-hetero) is 1. The highest BCUT2D eigenvalue weighted by Crippen LogP contribution is 2.32. The van der Waals surface area contributed by atoms with Crippen LogP contribution in [-0.2, 0) is 0 Å². The summed E-state index contributed by atoms with van der Waals surface area (Å²) in [6.07, 6.45) is 1.08. The van der Waals surface area contributed by atoms with Crippen LogP contribution in [0.3, 0.4) is 0 Å². The Hall–Kier alpha value is -0.830. The molecule has 1 aromatic rings. The Labute approximate surface area is 82.8 Å². The van der Waals surface area contributed by atoms with Crippen LogP contribution in [0.25, 0.3) is 0 Å². The van der Waals surface area contributed by atoms with Gasteiger partial charge in [-0.1, -0.05) is 13.8 Å². The summed E-state index contributed by atoms with van der Waals surface area (Å²) in [6, 6.07) is 1.93. The molecule has 2 nitrogen and oxygen atoms in total. The molecule has 0 saturated carbocycles. The summed E-state index contributed by atoms with van der Waals surface area (Å²) in [5.41, 5.74) is 6.41. The van der Waals surface area contributed by atoms with Gasteiger partial charge in [-0.05, 0) is 25.3 Å². The lowest BCUT2D eigenvalue weighted by Crippen LogP contribution is -1.93. The van der Waals surface area contributed by atoms with E-state index in [1.807, 2.05) is 6.07 Å². The Bertz CT molecular complexity index is 317. The largest absolute Gasteiger partial charge is 0.390 e. The number of ketones is 1. The zero-order valence-corrected chi connectivity index (χ0v) is 9.07. The maximum absolute atomic E-state index is 11.1. The van der Waals surface area contributed by atoms with Crippen molar-refractivity contribution < 1.29 is 4.79 Å². The van der Waals surface area contributed by atoms with E-state index in [-0.39, 0.29) is 5.78 Å². The number of nitrogens with two attached hydrogens (primary N) is 1. The Balaban J connectivity index is 3.01. The molecule has 13 heavy (non-hydrogen) atoms. The van der Waals surface area contributed by atoms with Crippen molar-refractivity contribution in [3.8, 4) is 0 Å². The van der Waals surface area contributed by atoms with Crippen LogP contribution in [0, 0.1) is 0 Å². The SMILES string of the molecule is CCC(C)c1cc(C(C)=O)c(N)s1. The Morgan fingerprint density at radius 1 is 1.69 bits per heavy atom. The zero-order valence-electron chi connectivity index (χ0n) is 8.26. The lowest BCUT2D eigenvalue weighted by Gasteiger charge is -2.02. The standard InChI is InChI=1S/C10H15NOS/c1-4-6(2)9-5-8(7(3)12)10(11)13-9/h5-6H,4,11H2,1-3H3. The molecular formula is C10H15NOS. The first kappa shape index (κ1) is 10.3. The molecule has 0 spiro atoms. The second-order valence-electron chi connectivity index (χ2n) is 3.29. The fraction of sp³-hybridized carbons (Fsp3) is 0.500. The molecule has 0 aliphatic heterocycles. The second kappa shape index (κ2) is 3.92. The van der Waals surface area contributed by atoms with Gasteiger partial charge in [-0.2, -0.15) is 0 Å². The predicted molar refractivity (Wildman–Crippen MR) is 57.4 cm³/mol. The van der Waals surface area contributed by atoms with Crippen molar-refractivity contribution in [1.29, 1.82) is 0 Å². The quantitative estimate of drug-likeness (QED) is 0.757. The van der Waals surface area contributed by atoms with Crippen molar-refractivity contribution in [3.63, 3.8) is 0 Å². The number of carbonyl (C=O) groups excluding carboxylic acids is 1. The number of thiophene rings is 1. The summed E-state index contributed by atoms with van der Waals surface area (Å²) < 4.78 is 0. The van der Waals surface area contributed by atoms with Crippen LogP contribution in [-0.4, -0.2) is 5.78 Å². The molecule has 0 aromatic carbocycles. The summed E-state index contributed by atoms with van der Waals surface area (Å²) in [6.45, 7) is 5.84. The van der Waals surface area contributed by atoms with Crippen molar-refractivity contribution in [2.24, 2.45) is 0 Å². The first-order valence-corrected chi connectivity index (χ1v) is 5.28. The lowest BCUT2D eigenvalue weighted by molar-refractivity contribution is 0.101. The first-order valence-electron chi connectivity index (χ1n) is 4.46. The van der Waals surface area contributed by atoms with Crippen molar-refractivity contribution in [2.45, 2.75) is 33.1 Å². The molecule has 0 amide bonds. The molecule has 0 radical (unpaired) electrons. The third-order valence-electron chi connectivity index (χ3n) is 2.26. The van der Waals surface area contributed by atoms with Gasteiger partial charge in [0.05, 0.1) is 10.6 Å². The number of hydrogen-bond donors (Lipinski definition) is 1. The molecule has 0 aliphatic carbocycles. The van der Waals surface area contributed by atoms with Gasteiger partial charge in [0.2, 0.25) is 0 Å². The average Bonchev–Trinajstić information content (AvgIpc) is 2.46. The number of hydrogen-bond acceptors (Lipinski definition) is 3. The van der Waals surface area contributed by atoms with E-state index in [1.54, 1.807) is 6.92 Å². The summed E-state index contributed by atoms with van der Waals surface area (Å²) in [7, 11) is 0. The normalized spacial score (nSPS) is 12.8. The predicted octanol–water partition coefficient (Wildman–Crippen LogP) is 3.05. The highest BCUT2D eigenvalue weighted by atomic mass is 32.1. The third kappa shape index (κ3) is 2.10. The minimum absolute atomic E-state index is 0.0586. The summed E-state index contributed by atoms with van der Waals surface area (Å²) in [5, 5.41) is 0.655. The number of carbonyl (C=O) groups is 1. The lowest BCUT2D eigenvalue weighted by atomic mass is 10.1. The molecule has 72 valence electrons. The van der Waals surface area contributed by atoms with E-state index in [1.165, 1.54) is 16.2 Å². The monoisotopic (exact) mass is 197 g/mol. The molecular weight excluding hydrogens is 182 g/mol. The van der Waals surface area contributed by atoms with Crippen LogP contribution >= 0.6 is 11.3 Å². The minimum Gasteiger partial charge on any atom is -0.390 e. The van der Waals surface area contributed by atoms with Gasteiger partial charge in [0.25, 0.3) is 0 Å². The van der Waals surface area contributed by atoms with Crippen LogP contribution in [0.2, 0.25) is 0 Å². The minimum atomic E-state index is 0.0586. The van der Waals surface area contributed by atoms with Gasteiger partial charge in [0.15, 0.2) is 5.78 Å². The maximum Gasteiger partial charge on any atom is 0.162 e. The number of nitrogen functional groups attached to an aromatic ring is 1. The van der Waals surface area contributed by atoms with Crippen LogP contribution < -0.4 is 5.73 Å². The molecule has 0 fully saturated rings. The highest BCUT2D eigenvalue weighted by Gasteiger charge is 2.13. The maximum atomic E-state index is 11.1. The Morgan fingerprint density at radius 3 is 2.69 bits per heavy atom. The van der Waals surface area contributed by atoms with Crippen LogP contribution in [0.1, 0.15) is 48.3 Å². The summed E-state index contributed by atoms with van der Waals surface area (Å²) in [5.74, 6) is 0.559. The summed E-state index contributed by atoms with van der Waals surface area (Å²) >= 11 is 1.53. The van der Waals surface area contributed by atoms with Gasteiger partial charge in [-0.3, -0.25) is 4.79 Å². The molecule has 1 atom stereocenters. The van der Waals surface area contributed by atoms with Crippen molar-refractivity contribution in [3.05, 3.63) is 16.5 Å². The van der Waals surface area contributed by atoms with E-state index in [4.69, 9.17) is 5.73 Å². The molecule has 3 heteroatoms. The topological polar surface area (TPSA) is 43.1 Å². The second-order valence-corrected chi connectivity index (χ2v) is 4.41. The average molecular weight is 197 g/mol. The van der Waals surface area contributed by atoms with Gasteiger partial charge < -0.3 is 5.73 Å². The smallest absolute Gasteiger partial charge is 0.162 e. The zero-order chi connectivity index (χ0) is 10.0. The van der Waals surface area contributed by atoms with E-state index in [9.17, 15) is 4.79 Å². The summed E-state index contributed by atoms with van der Waals surface area (Å²) in [4.78, 5) is 12.3. The van der Waals surface area contributed by atoms with E-state index in [0.29, 0.717) is 16.5 Å². The number of rotatable bonds is 3. The third-order valence-corrected chi connectivity index (χ3v) is 3.45. The highest BCUT2D eigenvalue weighted by molar-refractivity contribution is 7.16. The van der Waals surface area contributed by atoms with E-state index >= 15 is 0 Å². The van der Waals surface area contributed by atoms with Gasteiger partial charge >= 0.3 is 0 Å². The van der Waals surface area contributed by atoms with Gasteiger partial charge in [0, 0.05) is 4.88 Å². The molecule has 1 aromatic heterocycles. The van der Waals surface area contributed by atoms with E-state index in [0.717, 1.165) is 6.42 Å². The van der Waals surface area contributed by atoms with Crippen LogP contribution in [0.4, 0.5) is 5.00 Å². The fourth-order valence-electron chi connectivity index (χ4n) is 1.14. The van der Waals surface area contributed by atoms with Crippen LogP contribution in [0.15, 0.2) is 6.07 Å². The van der Waals surface area contributed by atoms with Crippen LogP contribution in [0.5, 0.6) is 0 Å². The molecule has 0 bridgehead atoms. The molecule has 0 aliphatic rings. The van der Waals surface area contributed by atoms with Crippen molar-refractivity contribution in [1.82, 2.24) is 0 Å². The fourth-order valence-corrected chi connectivity index (χ4v) is 2.26. The van der Waals surface area contributed by atoms with E-state index in [2.05, 4.69) is 13.8 Å². The van der Waals surface area contributed by atoms with E-state index < -0.39 is 0 Å². The first-order chi connectivity index (χ1) is 6.06. The Kier molecular flexibility index (Phi) is 3.09. The Morgan fingerprint density at radius 2 is 2.31 bits per heavy atom. The molecule has 1 unspecified atom stereocenters. The number of anilines is 1. The molecule has 1 rings (SSSR count). The van der Waals surface area contributed by atoms with Gasteiger partial charge in [0.1, 0.15) is 0 Å². The molecule has 0 saturated heterocycles. The van der Waals surface area contributed by atoms with Gasteiger partial charge in [-0.15, -0.1) is 11.3 Å². The van der Waals surface area contributed by atoms with Crippen molar-refractivity contribution >= 4 is 22.1 Å². The van der Waals surface area contributed by atoms with Crippen molar-refractivity contribution in [2.75, 3.05) is 5.73 Å². The molecule has 1 heterocycles. The molecule has 2 N–H and O–H groups in total. The van der Waals surface area contributed by atoms with Gasteiger partial charge in [-0.25, -0.2) is 0 Å².